The van der Waals surface area contributed by atoms with E-state index >= 15 is 0 Å². The minimum atomic E-state index is -4.86. The van der Waals surface area contributed by atoms with Gasteiger partial charge in [-0.1, -0.05) is 0 Å². The van der Waals surface area contributed by atoms with Crippen molar-refractivity contribution >= 4 is 11.9 Å². The molecule has 0 fully saturated rings. The largest absolute Gasteiger partial charge is 0.478 e. The number of nitrogens with zero attached hydrogens (tertiary/aromatic N) is 2. The van der Waals surface area contributed by atoms with E-state index in [1.165, 1.54) is 0 Å². The van der Waals surface area contributed by atoms with E-state index in [2.05, 4.69) is 9.97 Å². The Morgan fingerprint density at radius 3 is 2.50 bits per heavy atom. The molecule has 0 saturated carbocycles. The lowest BCUT2D eigenvalue weighted by molar-refractivity contribution is -0.141. The highest BCUT2D eigenvalue weighted by Crippen LogP contribution is 2.30. The summed E-state index contributed by atoms with van der Waals surface area (Å²) in [6, 6.07) is 0. The first-order valence-electron chi connectivity index (χ1n) is 3.25. The molecule has 0 radical (unpaired) electrons. The van der Waals surface area contributed by atoms with E-state index in [1.54, 1.807) is 0 Å². The van der Waals surface area contributed by atoms with Crippen LogP contribution in [0.2, 0.25) is 0 Å². The molecule has 0 aliphatic carbocycles. The summed E-state index contributed by atoms with van der Waals surface area (Å²) in [6.45, 7) is 0. The van der Waals surface area contributed by atoms with Gasteiger partial charge in [-0.25, -0.2) is 14.8 Å². The van der Waals surface area contributed by atoms with Crippen LogP contribution in [0.3, 0.4) is 0 Å². The van der Waals surface area contributed by atoms with Crippen molar-refractivity contribution < 1.29 is 23.1 Å². The molecule has 1 aromatic rings. The Hall–Kier alpha value is -1.86. The predicted octanol–water partition coefficient (Wildman–Crippen LogP) is 0.776. The first-order chi connectivity index (χ1) is 6.32. The van der Waals surface area contributed by atoms with Crippen molar-refractivity contribution in [2.24, 2.45) is 0 Å². The smallest absolute Gasteiger partial charge is 0.434 e. The van der Waals surface area contributed by atoms with Crippen LogP contribution in [0.5, 0.6) is 0 Å². The normalized spacial score (nSPS) is 11.4. The van der Waals surface area contributed by atoms with E-state index in [1.807, 2.05) is 0 Å². The zero-order valence-corrected chi connectivity index (χ0v) is 6.54. The number of anilines is 1. The van der Waals surface area contributed by atoms with Gasteiger partial charge in [-0.15, -0.1) is 0 Å². The molecule has 0 aliphatic heterocycles. The van der Waals surface area contributed by atoms with Gasteiger partial charge in [0, 0.05) is 6.20 Å². The van der Waals surface area contributed by atoms with Crippen LogP contribution in [0.25, 0.3) is 0 Å². The van der Waals surface area contributed by atoms with Crippen LogP contribution in [0, 0.1) is 0 Å². The molecule has 5 nitrogen and oxygen atoms in total. The summed E-state index contributed by atoms with van der Waals surface area (Å²) < 4.78 is 36.5. The second-order valence-corrected chi connectivity index (χ2v) is 2.29. The number of hydrogen-bond donors (Lipinski definition) is 2. The number of aromatic carboxylic acids is 1. The van der Waals surface area contributed by atoms with Gasteiger partial charge in [-0.3, -0.25) is 0 Å². The maximum atomic E-state index is 12.2. The molecule has 0 bridgehead atoms. The number of aromatic nitrogens is 2. The van der Waals surface area contributed by atoms with Crippen molar-refractivity contribution in [3.63, 3.8) is 0 Å². The second-order valence-electron chi connectivity index (χ2n) is 2.29. The fraction of sp³-hybridized carbons (Fsp3) is 0.167. The third-order valence-corrected chi connectivity index (χ3v) is 1.31. The molecule has 0 unspecified atom stereocenters. The van der Waals surface area contributed by atoms with Crippen molar-refractivity contribution in [1.29, 1.82) is 0 Å². The average Bonchev–Trinajstić information content (AvgIpc) is 2.01. The Morgan fingerprint density at radius 1 is 1.50 bits per heavy atom. The fourth-order valence-corrected chi connectivity index (χ4v) is 0.768. The SMILES string of the molecule is Nc1ncc(C(=O)O)c(C(F)(F)F)n1. The van der Waals surface area contributed by atoms with E-state index in [0.29, 0.717) is 6.20 Å². The number of carboxylic acid groups (broad SMARTS) is 1. The summed E-state index contributed by atoms with van der Waals surface area (Å²) in [4.78, 5) is 16.3. The number of halogens is 3. The molecule has 1 rings (SSSR count). The van der Waals surface area contributed by atoms with Crippen LogP contribution < -0.4 is 5.73 Å². The van der Waals surface area contributed by atoms with Crippen LogP contribution >= 0.6 is 0 Å². The third-order valence-electron chi connectivity index (χ3n) is 1.31. The van der Waals surface area contributed by atoms with Gasteiger partial charge in [0.15, 0.2) is 5.69 Å². The number of carboxylic acids is 1. The van der Waals surface area contributed by atoms with Gasteiger partial charge in [0.25, 0.3) is 0 Å². The molecule has 1 aromatic heterocycles. The van der Waals surface area contributed by atoms with E-state index < -0.39 is 29.4 Å². The number of nitrogens with two attached hydrogens (primary N) is 1. The summed E-state index contributed by atoms with van der Waals surface area (Å²) in [7, 11) is 0. The summed E-state index contributed by atoms with van der Waals surface area (Å²) in [6.07, 6.45) is -4.34. The van der Waals surface area contributed by atoms with Gasteiger partial charge >= 0.3 is 12.1 Å². The zero-order valence-electron chi connectivity index (χ0n) is 6.54. The second kappa shape index (κ2) is 3.13. The maximum absolute atomic E-state index is 12.2. The Morgan fingerprint density at radius 2 is 2.07 bits per heavy atom. The van der Waals surface area contributed by atoms with Crippen molar-refractivity contribution in [3.8, 4) is 0 Å². The zero-order chi connectivity index (χ0) is 10.9. The quantitative estimate of drug-likeness (QED) is 0.710. The molecule has 0 amide bonds. The van der Waals surface area contributed by atoms with Gasteiger partial charge in [-0.2, -0.15) is 13.2 Å². The van der Waals surface area contributed by atoms with Gasteiger partial charge in [0.2, 0.25) is 5.95 Å². The van der Waals surface area contributed by atoms with Crippen LogP contribution in [0.1, 0.15) is 16.1 Å². The van der Waals surface area contributed by atoms with Crippen LogP contribution in [0.15, 0.2) is 6.20 Å². The minimum absolute atomic E-state index is 0.521. The lowest BCUT2D eigenvalue weighted by Gasteiger charge is -2.08. The molecular formula is C6H4F3N3O2. The molecular weight excluding hydrogens is 203 g/mol. The van der Waals surface area contributed by atoms with Gasteiger partial charge in [-0.05, 0) is 0 Å². The molecule has 0 saturated heterocycles. The lowest BCUT2D eigenvalue weighted by atomic mass is 10.2. The molecule has 0 spiro atoms. The average molecular weight is 207 g/mol. The summed E-state index contributed by atoms with van der Waals surface area (Å²) in [5, 5.41) is 8.40. The lowest BCUT2D eigenvalue weighted by Crippen LogP contribution is -2.17. The summed E-state index contributed by atoms with van der Waals surface area (Å²) >= 11 is 0. The molecule has 3 N–H and O–H groups in total. The standard InChI is InChI=1S/C6H4F3N3O2/c7-6(8,9)3-2(4(13)14)1-11-5(10)12-3/h1H,(H,13,14)(H2,10,11,12). The Kier molecular flexibility index (Phi) is 2.28. The Bertz CT molecular complexity index is 377. The van der Waals surface area contributed by atoms with Gasteiger partial charge in [0.05, 0.1) is 0 Å². The topological polar surface area (TPSA) is 89.1 Å². The number of carbonyl (C=O) groups is 1. The van der Waals surface area contributed by atoms with Gasteiger partial charge in [0.1, 0.15) is 5.56 Å². The first-order valence-corrected chi connectivity index (χ1v) is 3.25. The van der Waals surface area contributed by atoms with Crippen LogP contribution in [-0.4, -0.2) is 21.0 Å². The fourth-order valence-electron chi connectivity index (χ4n) is 0.768. The van der Waals surface area contributed by atoms with Gasteiger partial charge < -0.3 is 10.8 Å². The monoisotopic (exact) mass is 207 g/mol. The maximum Gasteiger partial charge on any atom is 0.434 e. The highest BCUT2D eigenvalue weighted by molar-refractivity contribution is 5.88. The van der Waals surface area contributed by atoms with Crippen molar-refractivity contribution in [3.05, 3.63) is 17.5 Å². The number of nitrogen functional groups attached to an aromatic ring is 1. The highest BCUT2D eigenvalue weighted by Gasteiger charge is 2.37. The van der Waals surface area contributed by atoms with E-state index in [-0.39, 0.29) is 0 Å². The highest BCUT2D eigenvalue weighted by atomic mass is 19.4. The van der Waals surface area contributed by atoms with Crippen molar-refractivity contribution in [2.75, 3.05) is 5.73 Å². The van der Waals surface area contributed by atoms with Crippen LogP contribution in [-0.2, 0) is 6.18 Å². The Balaban J connectivity index is 3.38. The Labute approximate surface area is 75.4 Å². The predicted molar refractivity (Wildman–Crippen MR) is 38.4 cm³/mol. The molecule has 14 heavy (non-hydrogen) atoms. The molecule has 0 aliphatic rings. The molecule has 0 aromatic carbocycles. The van der Waals surface area contributed by atoms with E-state index in [0.717, 1.165) is 0 Å². The number of alkyl halides is 3. The van der Waals surface area contributed by atoms with E-state index in [9.17, 15) is 18.0 Å². The van der Waals surface area contributed by atoms with E-state index in [4.69, 9.17) is 10.8 Å². The third kappa shape index (κ3) is 1.90. The molecule has 8 heteroatoms. The number of hydrogen-bond acceptors (Lipinski definition) is 4. The molecule has 0 atom stereocenters. The summed E-state index contributed by atoms with van der Waals surface area (Å²) in [5.74, 6) is -2.38. The summed E-state index contributed by atoms with van der Waals surface area (Å²) in [5.41, 5.74) is 2.34. The van der Waals surface area contributed by atoms with Crippen molar-refractivity contribution in [1.82, 2.24) is 9.97 Å². The van der Waals surface area contributed by atoms with Crippen molar-refractivity contribution in [2.45, 2.75) is 6.18 Å². The first kappa shape index (κ1) is 10.2. The van der Waals surface area contributed by atoms with Crippen LogP contribution in [0.4, 0.5) is 19.1 Å². The molecule has 1 heterocycles. The minimum Gasteiger partial charge on any atom is -0.478 e. The molecule has 76 valence electrons. The number of rotatable bonds is 1.